The highest BCUT2D eigenvalue weighted by Crippen LogP contribution is 2.31. The second kappa shape index (κ2) is 5.23. The molecule has 18 heavy (non-hydrogen) atoms. The van der Waals surface area contributed by atoms with Gasteiger partial charge in [0.15, 0.2) is 17.3 Å². The molecule has 0 heterocycles. The molecule has 0 radical (unpaired) electrons. The van der Waals surface area contributed by atoms with E-state index in [1.165, 1.54) is 0 Å². The summed E-state index contributed by atoms with van der Waals surface area (Å²) in [5.41, 5.74) is 0.939. The van der Waals surface area contributed by atoms with Crippen LogP contribution in [0.3, 0.4) is 0 Å². The van der Waals surface area contributed by atoms with Crippen molar-refractivity contribution in [3.8, 4) is 0 Å². The molecule has 1 saturated carbocycles. The molecule has 0 saturated heterocycles. The summed E-state index contributed by atoms with van der Waals surface area (Å²) in [7, 11) is 0. The summed E-state index contributed by atoms with van der Waals surface area (Å²) in [5, 5.41) is 8.75. The van der Waals surface area contributed by atoms with Gasteiger partial charge in [0.25, 0.3) is 0 Å². The second-order valence-corrected chi connectivity index (χ2v) is 4.51. The van der Waals surface area contributed by atoms with Gasteiger partial charge in [-0.15, -0.1) is 0 Å². The maximum absolute atomic E-state index is 11.8. The van der Waals surface area contributed by atoms with Gasteiger partial charge in [-0.25, -0.2) is 0 Å². The highest BCUT2D eigenvalue weighted by molar-refractivity contribution is 6.21. The van der Waals surface area contributed by atoms with Crippen molar-refractivity contribution in [1.29, 1.82) is 0 Å². The van der Waals surface area contributed by atoms with Gasteiger partial charge >= 0.3 is 0 Å². The van der Waals surface area contributed by atoms with Crippen LogP contribution in [0.1, 0.15) is 24.3 Å². The van der Waals surface area contributed by atoms with Crippen molar-refractivity contribution in [2.45, 2.75) is 18.8 Å². The molecule has 0 amide bonds. The lowest BCUT2D eigenvalue weighted by Crippen LogP contribution is -2.39. The number of benzene rings is 1. The van der Waals surface area contributed by atoms with E-state index in [0.29, 0.717) is 0 Å². The first-order valence-electron chi connectivity index (χ1n) is 5.87. The first-order valence-corrected chi connectivity index (χ1v) is 5.87. The minimum Gasteiger partial charge on any atom is -0.389 e. The average Bonchev–Trinajstić information content (AvgIpc) is 2.38. The minimum absolute atomic E-state index is 0.144. The maximum Gasteiger partial charge on any atom is 0.176 e. The third-order valence-electron chi connectivity index (χ3n) is 3.29. The minimum atomic E-state index is -1.24. The lowest BCUT2D eigenvalue weighted by molar-refractivity contribution is -0.143. The number of hydrogen-bond acceptors (Lipinski definition) is 4. The van der Waals surface area contributed by atoms with Crippen LogP contribution in [-0.2, 0) is 14.4 Å². The zero-order chi connectivity index (χ0) is 13.1. The van der Waals surface area contributed by atoms with Crippen molar-refractivity contribution < 1.29 is 19.5 Å². The molecule has 1 N–H and O–H groups in total. The number of rotatable bonds is 3. The number of carbonyl (C=O) groups is 3. The Kier molecular flexibility index (Phi) is 3.67. The molecule has 4 heteroatoms. The quantitative estimate of drug-likeness (QED) is 0.804. The fraction of sp³-hybridized carbons (Fsp3) is 0.357. The predicted octanol–water partition coefficient (Wildman–Crippen LogP) is 0.880. The van der Waals surface area contributed by atoms with E-state index in [4.69, 9.17) is 5.11 Å². The van der Waals surface area contributed by atoms with Crippen molar-refractivity contribution in [2.24, 2.45) is 5.92 Å². The van der Waals surface area contributed by atoms with E-state index < -0.39 is 18.3 Å². The smallest absolute Gasteiger partial charge is 0.176 e. The zero-order valence-electron chi connectivity index (χ0n) is 9.83. The molecule has 0 atom stereocenters. The van der Waals surface area contributed by atoms with E-state index >= 15 is 0 Å². The molecule has 0 aromatic heterocycles. The SMILES string of the molecule is O=C(CO)C1C(=O)CC(c2ccccc2)CC1=O. The monoisotopic (exact) mass is 246 g/mol. The van der Waals surface area contributed by atoms with E-state index in [-0.39, 0.29) is 30.3 Å². The van der Waals surface area contributed by atoms with Crippen LogP contribution in [0.5, 0.6) is 0 Å². The molecule has 1 aliphatic carbocycles. The molecule has 0 bridgehead atoms. The Labute approximate surface area is 105 Å². The summed E-state index contributed by atoms with van der Waals surface area (Å²) in [6, 6.07) is 9.33. The Bertz CT molecular complexity index is 460. The molecule has 1 fully saturated rings. The van der Waals surface area contributed by atoms with E-state index in [2.05, 4.69) is 0 Å². The Hall–Kier alpha value is -1.81. The molecular formula is C14H14O4. The van der Waals surface area contributed by atoms with E-state index in [0.717, 1.165) is 5.56 Å². The van der Waals surface area contributed by atoms with Crippen molar-refractivity contribution in [3.63, 3.8) is 0 Å². The van der Waals surface area contributed by atoms with Gasteiger partial charge in [-0.2, -0.15) is 0 Å². The number of aliphatic hydroxyl groups is 1. The van der Waals surface area contributed by atoms with Gasteiger partial charge in [0.2, 0.25) is 0 Å². The molecule has 1 aromatic carbocycles. The largest absolute Gasteiger partial charge is 0.389 e. The highest BCUT2D eigenvalue weighted by atomic mass is 16.3. The standard InChI is InChI=1S/C14H14O4/c15-8-13(18)14-11(16)6-10(7-12(14)17)9-4-2-1-3-5-9/h1-5,10,14-15H,6-8H2. The fourth-order valence-electron chi connectivity index (χ4n) is 2.38. The molecule has 1 aromatic rings. The summed E-state index contributed by atoms with van der Waals surface area (Å²) in [6.45, 7) is -0.752. The summed E-state index contributed by atoms with van der Waals surface area (Å²) in [6.07, 6.45) is 0.373. The van der Waals surface area contributed by atoms with Crippen LogP contribution in [0, 0.1) is 5.92 Å². The zero-order valence-corrected chi connectivity index (χ0v) is 9.83. The van der Waals surface area contributed by atoms with Crippen LogP contribution in [0.2, 0.25) is 0 Å². The first kappa shape index (κ1) is 12.6. The van der Waals surface area contributed by atoms with Gasteiger partial charge in [-0.1, -0.05) is 30.3 Å². The summed E-state index contributed by atoms with van der Waals surface area (Å²) < 4.78 is 0. The number of Topliss-reactive ketones (excluding diaryl/α,β-unsaturated/α-hetero) is 3. The lowest BCUT2D eigenvalue weighted by Gasteiger charge is -2.25. The highest BCUT2D eigenvalue weighted by Gasteiger charge is 2.39. The molecule has 0 spiro atoms. The van der Waals surface area contributed by atoms with Crippen LogP contribution < -0.4 is 0 Å². The van der Waals surface area contributed by atoms with E-state index in [1.54, 1.807) is 0 Å². The van der Waals surface area contributed by atoms with Gasteiger partial charge in [0.1, 0.15) is 12.5 Å². The topological polar surface area (TPSA) is 71.4 Å². The van der Waals surface area contributed by atoms with Crippen molar-refractivity contribution >= 4 is 17.3 Å². The maximum atomic E-state index is 11.8. The number of carbonyl (C=O) groups excluding carboxylic acids is 3. The van der Waals surface area contributed by atoms with Crippen LogP contribution in [-0.4, -0.2) is 29.1 Å². The van der Waals surface area contributed by atoms with E-state index in [1.807, 2.05) is 30.3 Å². The lowest BCUT2D eigenvalue weighted by atomic mass is 9.75. The normalized spacial score (nSPS) is 24.1. The number of hydrogen-bond donors (Lipinski definition) is 1. The summed E-state index contributed by atoms with van der Waals surface area (Å²) in [4.78, 5) is 35.0. The van der Waals surface area contributed by atoms with Gasteiger partial charge in [-0.3, -0.25) is 14.4 Å². The van der Waals surface area contributed by atoms with Crippen LogP contribution in [0.15, 0.2) is 30.3 Å². The molecule has 2 rings (SSSR count). The van der Waals surface area contributed by atoms with Gasteiger partial charge in [0.05, 0.1) is 0 Å². The average molecular weight is 246 g/mol. The van der Waals surface area contributed by atoms with Crippen LogP contribution in [0.4, 0.5) is 0 Å². The predicted molar refractivity (Wildman–Crippen MR) is 64.0 cm³/mol. The van der Waals surface area contributed by atoms with E-state index in [9.17, 15) is 14.4 Å². The molecule has 4 nitrogen and oxygen atoms in total. The van der Waals surface area contributed by atoms with Gasteiger partial charge < -0.3 is 5.11 Å². The first-order chi connectivity index (χ1) is 8.63. The molecule has 0 aliphatic heterocycles. The van der Waals surface area contributed by atoms with Crippen molar-refractivity contribution in [1.82, 2.24) is 0 Å². The Balaban J connectivity index is 2.17. The van der Waals surface area contributed by atoms with Gasteiger partial charge in [0, 0.05) is 12.8 Å². The fourth-order valence-corrected chi connectivity index (χ4v) is 2.38. The van der Waals surface area contributed by atoms with Crippen LogP contribution in [0.25, 0.3) is 0 Å². The Morgan fingerprint density at radius 1 is 1.11 bits per heavy atom. The van der Waals surface area contributed by atoms with Gasteiger partial charge in [-0.05, 0) is 11.5 Å². The molecule has 0 unspecified atom stereocenters. The summed E-state index contributed by atoms with van der Waals surface area (Å²) in [5.74, 6) is -2.82. The Morgan fingerprint density at radius 2 is 1.67 bits per heavy atom. The summed E-state index contributed by atoms with van der Waals surface area (Å²) >= 11 is 0. The second-order valence-electron chi connectivity index (χ2n) is 4.51. The van der Waals surface area contributed by atoms with Crippen LogP contribution >= 0.6 is 0 Å². The molecule has 94 valence electrons. The number of ketones is 3. The van der Waals surface area contributed by atoms with Crippen molar-refractivity contribution in [3.05, 3.63) is 35.9 Å². The number of aliphatic hydroxyl groups excluding tert-OH is 1. The Morgan fingerprint density at radius 3 is 2.17 bits per heavy atom. The third kappa shape index (κ3) is 2.38. The third-order valence-corrected chi connectivity index (χ3v) is 3.29. The van der Waals surface area contributed by atoms with Crippen molar-refractivity contribution in [2.75, 3.05) is 6.61 Å². The molecule has 1 aliphatic rings. The molecular weight excluding hydrogens is 232 g/mol.